The van der Waals surface area contributed by atoms with Crippen molar-refractivity contribution in [1.29, 1.82) is 0 Å². The minimum Gasteiger partial charge on any atom is -0.314 e. The van der Waals surface area contributed by atoms with E-state index in [4.69, 9.17) is 3.07 Å². The fourth-order valence-electron chi connectivity index (χ4n) is 0.386. The van der Waals surface area contributed by atoms with E-state index < -0.39 is 0 Å². The van der Waals surface area contributed by atoms with Gasteiger partial charge in [-0.2, -0.15) is 0 Å². The van der Waals surface area contributed by atoms with Crippen LogP contribution in [0.1, 0.15) is 13.8 Å². The molecular weight excluding hydrogens is 217 g/mol. The molecule has 0 heterocycles. The van der Waals surface area contributed by atoms with E-state index in [9.17, 15) is 0 Å². The molecule has 0 aliphatic carbocycles. The molecule has 0 atom stereocenters. The molecule has 0 spiro atoms. The molecule has 3 heteroatoms. The van der Waals surface area contributed by atoms with Gasteiger partial charge in [-0.25, -0.2) is 0 Å². The summed E-state index contributed by atoms with van der Waals surface area (Å²) < 4.78 is 4.80. The van der Waals surface area contributed by atoms with Gasteiger partial charge < -0.3 is 8.38 Å². The van der Waals surface area contributed by atoms with E-state index in [0.717, 1.165) is 13.2 Å². The minimum atomic E-state index is 0.571. The summed E-state index contributed by atoms with van der Waals surface area (Å²) >= 11 is 1.89. The van der Waals surface area contributed by atoms with E-state index in [-0.39, 0.29) is 0 Å². The van der Waals surface area contributed by atoms with E-state index in [2.05, 4.69) is 19.2 Å². The average molecular weight is 229 g/mol. The highest BCUT2D eigenvalue weighted by atomic mass is 127. The van der Waals surface area contributed by atoms with Gasteiger partial charge in [-0.05, 0) is 0 Å². The Morgan fingerprint density at radius 3 is 2.62 bits per heavy atom. The Kier molecular flexibility index (Phi) is 6.25. The minimum absolute atomic E-state index is 0.571. The Bertz CT molecular complexity index is 49.7. The first kappa shape index (κ1) is 8.65. The molecule has 0 radical (unpaired) electrons. The van der Waals surface area contributed by atoms with Gasteiger partial charge in [0.25, 0.3) is 0 Å². The molecule has 0 saturated carbocycles. The molecule has 50 valence electrons. The molecule has 0 aromatic rings. The molecular formula is C5H12INO. The monoisotopic (exact) mass is 229 g/mol. The molecule has 8 heavy (non-hydrogen) atoms. The van der Waals surface area contributed by atoms with Crippen LogP contribution in [0.15, 0.2) is 0 Å². The largest absolute Gasteiger partial charge is 0.314 e. The topological polar surface area (TPSA) is 21.3 Å². The first-order chi connectivity index (χ1) is 3.77. The lowest BCUT2D eigenvalue weighted by atomic mass is 10.4. The molecule has 0 aliphatic heterocycles. The molecule has 0 aromatic heterocycles. The summed E-state index contributed by atoms with van der Waals surface area (Å²) in [6, 6.07) is 0.571. The Morgan fingerprint density at radius 2 is 2.25 bits per heavy atom. The lowest BCUT2D eigenvalue weighted by Crippen LogP contribution is -2.25. The van der Waals surface area contributed by atoms with Gasteiger partial charge in [0.1, 0.15) is 23.0 Å². The second-order valence-corrected chi connectivity index (χ2v) is 2.54. The Morgan fingerprint density at radius 1 is 1.62 bits per heavy atom. The van der Waals surface area contributed by atoms with Gasteiger partial charge in [-0.1, -0.05) is 13.8 Å². The summed E-state index contributed by atoms with van der Waals surface area (Å²) in [5.74, 6) is 0. The number of halogens is 1. The van der Waals surface area contributed by atoms with Crippen LogP contribution < -0.4 is 5.32 Å². The smallest absolute Gasteiger partial charge is 0.109 e. The molecule has 0 amide bonds. The maximum atomic E-state index is 4.80. The van der Waals surface area contributed by atoms with Crippen LogP contribution in [0.4, 0.5) is 0 Å². The van der Waals surface area contributed by atoms with E-state index in [1.54, 1.807) is 0 Å². The third-order valence-corrected chi connectivity index (χ3v) is 1.17. The molecule has 0 rings (SSSR count). The van der Waals surface area contributed by atoms with Crippen LogP contribution >= 0.6 is 23.0 Å². The average Bonchev–Trinajstić information content (AvgIpc) is 1.66. The molecule has 0 fully saturated rings. The first-order valence-electron chi connectivity index (χ1n) is 2.74. The van der Waals surface area contributed by atoms with Gasteiger partial charge in [-0.15, -0.1) is 0 Å². The van der Waals surface area contributed by atoms with Gasteiger partial charge >= 0.3 is 0 Å². The zero-order chi connectivity index (χ0) is 6.41. The predicted octanol–water partition coefficient (Wildman–Crippen LogP) is 1.35. The Hall–Kier alpha value is 0.650. The number of rotatable bonds is 4. The number of hydrogen-bond acceptors (Lipinski definition) is 2. The van der Waals surface area contributed by atoms with Crippen molar-refractivity contribution < 1.29 is 3.07 Å². The standard InChI is InChI=1S/C5H12INO/c1-5(2)7-3-4-8-6/h5,7H,3-4H2,1-2H3. The van der Waals surface area contributed by atoms with Crippen molar-refractivity contribution in [2.45, 2.75) is 19.9 Å². The van der Waals surface area contributed by atoms with Crippen LogP contribution in [-0.2, 0) is 3.07 Å². The third kappa shape index (κ3) is 6.65. The summed E-state index contributed by atoms with van der Waals surface area (Å²) in [6.45, 7) is 5.97. The Balaban J connectivity index is 2.72. The van der Waals surface area contributed by atoms with E-state index in [0.29, 0.717) is 6.04 Å². The van der Waals surface area contributed by atoms with Gasteiger partial charge in [0.05, 0.1) is 6.61 Å². The van der Waals surface area contributed by atoms with Gasteiger partial charge in [0.15, 0.2) is 0 Å². The van der Waals surface area contributed by atoms with Crippen molar-refractivity contribution in [1.82, 2.24) is 5.32 Å². The SMILES string of the molecule is CC(C)NCCOI. The molecule has 0 saturated heterocycles. The Labute approximate surface area is 64.7 Å². The van der Waals surface area contributed by atoms with Crippen molar-refractivity contribution in [3.05, 3.63) is 0 Å². The van der Waals surface area contributed by atoms with Crippen molar-refractivity contribution in [2.24, 2.45) is 0 Å². The number of nitrogens with one attached hydrogen (secondary N) is 1. The fourth-order valence-corrected chi connectivity index (χ4v) is 0.606. The molecule has 0 bridgehead atoms. The van der Waals surface area contributed by atoms with E-state index in [1.165, 1.54) is 0 Å². The van der Waals surface area contributed by atoms with Crippen LogP contribution in [0.3, 0.4) is 0 Å². The normalized spacial score (nSPS) is 10.5. The summed E-state index contributed by atoms with van der Waals surface area (Å²) in [4.78, 5) is 0. The third-order valence-electron chi connectivity index (χ3n) is 0.732. The quantitative estimate of drug-likeness (QED) is 0.580. The van der Waals surface area contributed by atoms with Crippen LogP contribution in [0.2, 0.25) is 0 Å². The lowest BCUT2D eigenvalue weighted by molar-refractivity contribution is 0.401. The maximum absolute atomic E-state index is 4.80. The predicted molar refractivity (Wildman–Crippen MR) is 43.1 cm³/mol. The van der Waals surface area contributed by atoms with Crippen LogP contribution in [-0.4, -0.2) is 19.2 Å². The zero-order valence-corrected chi connectivity index (χ0v) is 7.44. The van der Waals surface area contributed by atoms with Gasteiger partial charge in [0, 0.05) is 12.6 Å². The first-order valence-corrected chi connectivity index (χ1v) is 3.62. The van der Waals surface area contributed by atoms with Crippen LogP contribution in [0.5, 0.6) is 0 Å². The van der Waals surface area contributed by atoms with E-state index in [1.807, 2.05) is 23.0 Å². The summed E-state index contributed by atoms with van der Waals surface area (Å²) in [5.41, 5.74) is 0. The highest BCUT2D eigenvalue weighted by Gasteiger charge is 1.88. The number of hydrogen-bond donors (Lipinski definition) is 1. The van der Waals surface area contributed by atoms with Crippen LogP contribution in [0.25, 0.3) is 0 Å². The fraction of sp³-hybridized carbons (Fsp3) is 1.00. The molecule has 0 aliphatic rings. The van der Waals surface area contributed by atoms with Gasteiger partial charge in [0.2, 0.25) is 0 Å². The summed E-state index contributed by atoms with van der Waals surface area (Å²) in [6.07, 6.45) is 0. The van der Waals surface area contributed by atoms with E-state index >= 15 is 0 Å². The maximum Gasteiger partial charge on any atom is 0.109 e. The van der Waals surface area contributed by atoms with Crippen molar-refractivity contribution >= 4 is 23.0 Å². The second-order valence-electron chi connectivity index (χ2n) is 1.92. The molecule has 0 aromatic carbocycles. The molecule has 1 N–H and O–H groups in total. The van der Waals surface area contributed by atoms with Crippen molar-refractivity contribution in [3.8, 4) is 0 Å². The second kappa shape index (κ2) is 5.78. The van der Waals surface area contributed by atoms with Crippen LogP contribution in [0, 0.1) is 0 Å². The molecule has 0 unspecified atom stereocenters. The van der Waals surface area contributed by atoms with Crippen molar-refractivity contribution in [2.75, 3.05) is 13.2 Å². The lowest BCUT2D eigenvalue weighted by Gasteiger charge is -2.04. The van der Waals surface area contributed by atoms with Crippen molar-refractivity contribution in [3.63, 3.8) is 0 Å². The summed E-state index contributed by atoms with van der Waals surface area (Å²) in [7, 11) is 0. The summed E-state index contributed by atoms with van der Waals surface area (Å²) in [5, 5.41) is 3.22. The highest BCUT2D eigenvalue weighted by molar-refractivity contribution is 14.1. The zero-order valence-electron chi connectivity index (χ0n) is 5.28. The molecule has 2 nitrogen and oxygen atoms in total. The van der Waals surface area contributed by atoms with Gasteiger partial charge in [-0.3, -0.25) is 0 Å². The highest BCUT2D eigenvalue weighted by Crippen LogP contribution is 1.82.